The summed E-state index contributed by atoms with van der Waals surface area (Å²) in [7, 11) is 0. The fourth-order valence-electron chi connectivity index (χ4n) is 4.92. The van der Waals surface area contributed by atoms with Gasteiger partial charge in [-0.05, 0) is 13.8 Å². The van der Waals surface area contributed by atoms with Crippen molar-refractivity contribution < 1.29 is 54.1 Å². The van der Waals surface area contributed by atoms with E-state index in [2.05, 4.69) is 15.6 Å². The van der Waals surface area contributed by atoms with Crippen LogP contribution in [0.5, 0.6) is 5.75 Å². The Balaban J connectivity index is 1.32. The average molecular weight is 695 g/mol. The summed E-state index contributed by atoms with van der Waals surface area (Å²) in [5.41, 5.74) is 4.03. The van der Waals surface area contributed by atoms with Crippen LogP contribution in [0.3, 0.4) is 0 Å². The van der Waals surface area contributed by atoms with Crippen LogP contribution in [-0.4, -0.2) is 122 Å². The molecule has 250 valence electrons. The number of oxime groups is 1. The molecule has 5 rings (SSSR count). The summed E-state index contributed by atoms with van der Waals surface area (Å²) < 4.78 is 0.173. The molecule has 3 atom stereocenters. The van der Waals surface area contributed by atoms with Gasteiger partial charge in [-0.2, -0.15) is 4.73 Å². The first-order valence-corrected chi connectivity index (χ1v) is 15.2. The van der Waals surface area contributed by atoms with E-state index in [0.29, 0.717) is 12.3 Å². The molecule has 2 aromatic heterocycles. The fraction of sp³-hybridized carbons (Fsp3) is 0.400. The van der Waals surface area contributed by atoms with Crippen LogP contribution in [0, 0.1) is 5.92 Å². The first kappa shape index (κ1) is 33.0. The Morgan fingerprint density at radius 3 is 2.53 bits per heavy atom. The van der Waals surface area contributed by atoms with Gasteiger partial charge in [0, 0.05) is 24.4 Å². The van der Waals surface area contributed by atoms with Crippen molar-refractivity contribution in [2.24, 2.45) is 11.1 Å². The maximum absolute atomic E-state index is 13.4. The predicted molar refractivity (Wildman–Crippen MR) is 158 cm³/mol. The number of aliphatic carboxylic acids is 2. The van der Waals surface area contributed by atoms with Crippen LogP contribution in [0.2, 0.25) is 0 Å². The SMILES string of the molecule is CC(C)(O/N=C(\C(=O)CC1C(=O)N2C[C@@](C(=O)O)(N3CCN(NC(=O)c4cc(=O)c(O)cn4O)C3=O)S[C@H]12)c1csc(N)n1)C(=O)O. The van der Waals surface area contributed by atoms with Crippen molar-refractivity contribution in [1.29, 1.82) is 0 Å². The van der Waals surface area contributed by atoms with E-state index in [1.807, 2.05) is 0 Å². The molecule has 3 aliphatic rings. The van der Waals surface area contributed by atoms with E-state index in [9.17, 15) is 54.1 Å². The van der Waals surface area contributed by atoms with E-state index in [0.717, 1.165) is 33.0 Å². The van der Waals surface area contributed by atoms with Gasteiger partial charge in [0.15, 0.2) is 22.4 Å². The van der Waals surface area contributed by atoms with Crippen molar-refractivity contribution in [2.45, 2.75) is 36.1 Å². The molecule has 7 N–H and O–H groups in total. The lowest BCUT2D eigenvalue weighted by molar-refractivity contribution is -0.161. The monoisotopic (exact) mass is 694 g/mol. The van der Waals surface area contributed by atoms with Gasteiger partial charge in [0.25, 0.3) is 5.91 Å². The third kappa shape index (κ3) is 5.75. The number of carbonyl (C=O) groups excluding carboxylic acids is 4. The number of rotatable bonds is 11. The van der Waals surface area contributed by atoms with E-state index in [4.69, 9.17) is 10.6 Å². The summed E-state index contributed by atoms with van der Waals surface area (Å²) in [4.78, 5) is 97.7. The van der Waals surface area contributed by atoms with Gasteiger partial charge >= 0.3 is 18.0 Å². The number of thioether (sulfide) groups is 1. The van der Waals surface area contributed by atoms with Crippen LogP contribution in [0.25, 0.3) is 0 Å². The van der Waals surface area contributed by atoms with E-state index < -0.39 is 92.9 Å². The topological polar surface area (TPSA) is 288 Å². The fourth-order valence-corrected chi connectivity index (χ4v) is 7.16. The van der Waals surface area contributed by atoms with Gasteiger partial charge < -0.3 is 36.0 Å². The lowest BCUT2D eigenvalue weighted by atomic mass is 9.90. The normalized spacial score (nSPS) is 22.6. The molecule has 1 unspecified atom stereocenters. The molecule has 0 aromatic carbocycles. The predicted octanol–water partition coefficient (Wildman–Crippen LogP) is -1.23. The highest BCUT2D eigenvalue weighted by atomic mass is 32.2. The van der Waals surface area contributed by atoms with Crippen LogP contribution >= 0.6 is 23.1 Å². The minimum atomic E-state index is -2.01. The van der Waals surface area contributed by atoms with Crippen molar-refractivity contribution in [1.82, 2.24) is 29.9 Å². The van der Waals surface area contributed by atoms with Crippen molar-refractivity contribution in [3.63, 3.8) is 0 Å². The number of thiazole rings is 1. The number of fused-ring (bicyclic) bond motifs is 1. The molecule has 0 bridgehead atoms. The van der Waals surface area contributed by atoms with Gasteiger partial charge in [0.2, 0.25) is 21.8 Å². The third-order valence-corrected chi connectivity index (χ3v) is 9.94. The van der Waals surface area contributed by atoms with Crippen molar-refractivity contribution >= 4 is 69.5 Å². The molecule has 4 amide bonds. The molecule has 0 spiro atoms. The van der Waals surface area contributed by atoms with Gasteiger partial charge in [0.1, 0.15) is 11.4 Å². The number of carboxylic acids is 2. The Hall–Kier alpha value is -5.38. The largest absolute Gasteiger partial charge is 0.503 e. The van der Waals surface area contributed by atoms with E-state index in [1.54, 1.807) is 0 Å². The van der Waals surface area contributed by atoms with Crippen LogP contribution in [0.1, 0.15) is 36.5 Å². The first-order valence-electron chi connectivity index (χ1n) is 13.5. The molecular weight excluding hydrogens is 668 g/mol. The van der Waals surface area contributed by atoms with Gasteiger partial charge in [-0.25, -0.2) is 24.4 Å². The molecule has 2 aromatic rings. The number of aromatic hydroxyl groups is 1. The number of aromatic nitrogens is 2. The number of nitrogens with zero attached hydrogens (tertiary/aromatic N) is 6. The van der Waals surface area contributed by atoms with Crippen LogP contribution < -0.4 is 16.6 Å². The maximum Gasteiger partial charge on any atom is 0.350 e. The summed E-state index contributed by atoms with van der Waals surface area (Å²) in [5.74, 6) is -7.17. The number of carbonyl (C=O) groups is 6. The number of nitrogens with two attached hydrogens (primary N) is 1. The van der Waals surface area contributed by atoms with Gasteiger partial charge in [-0.15, -0.1) is 11.3 Å². The van der Waals surface area contributed by atoms with Crippen LogP contribution in [-0.2, 0) is 24.0 Å². The number of β-lactam (4-membered cyclic amide) rings is 1. The van der Waals surface area contributed by atoms with Gasteiger partial charge in [-0.1, -0.05) is 16.9 Å². The second-order valence-electron chi connectivity index (χ2n) is 11.0. The highest BCUT2D eigenvalue weighted by Gasteiger charge is 2.66. The van der Waals surface area contributed by atoms with Gasteiger partial charge in [0.05, 0.1) is 30.6 Å². The minimum absolute atomic E-state index is 0.0171. The number of nitrogens with one attached hydrogen (secondary N) is 1. The molecule has 3 fully saturated rings. The van der Waals surface area contributed by atoms with E-state index >= 15 is 0 Å². The molecular formula is C25H26N8O12S2. The number of hydrogen-bond acceptors (Lipinski definition) is 15. The first-order chi connectivity index (χ1) is 22.0. The van der Waals surface area contributed by atoms with Crippen molar-refractivity contribution in [3.8, 4) is 5.75 Å². The number of urea groups is 1. The molecule has 22 heteroatoms. The Morgan fingerprint density at radius 1 is 1.21 bits per heavy atom. The number of hydrazine groups is 1. The molecule has 47 heavy (non-hydrogen) atoms. The van der Waals surface area contributed by atoms with E-state index in [-0.39, 0.29) is 28.6 Å². The highest BCUT2D eigenvalue weighted by molar-refractivity contribution is 8.02. The Labute approximate surface area is 270 Å². The Bertz CT molecular complexity index is 1810. The molecule has 0 saturated carbocycles. The molecule has 0 radical (unpaired) electrons. The summed E-state index contributed by atoms with van der Waals surface area (Å²) in [5, 5.41) is 44.1. The number of nitrogen functional groups attached to an aromatic ring is 1. The van der Waals surface area contributed by atoms with Crippen LogP contribution in [0.4, 0.5) is 9.93 Å². The van der Waals surface area contributed by atoms with E-state index in [1.165, 1.54) is 24.1 Å². The number of hydrogen-bond donors (Lipinski definition) is 6. The molecule has 0 aliphatic carbocycles. The second kappa shape index (κ2) is 11.8. The number of pyridine rings is 1. The van der Waals surface area contributed by atoms with Crippen molar-refractivity contribution in [3.05, 3.63) is 39.3 Å². The smallest absolute Gasteiger partial charge is 0.350 e. The quantitative estimate of drug-likeness (QED) is 0.0695. The zero-order chi connectivity index (χ0) is 34.6. The summed E-state index contributed by atoms with van der Waals surface area (Å²) in [6.45, 7) is 1.54. The Morgan fingerprint density at radius 2 is 1.91 bits per heavy atom. The zero-order valence-corrected chi connectivity index (χ0v) is 26.0. The third-order valence-electron chi connectivity index (χ3n) is 7.53. The van der Waals surface area contributed by atoms with Crippen LogP contribution in [0.15, 0.2) is 27.6 Å². The number of carboxylic acid groups (broad SMARTS) is 2. The number of ketones is 1. The zero-order valence-electron chi connectivity index (χ0n) is 24.3. The lowest BCUT2D eigenvalue weighted by Crippen LogP contribution is -2.60. The summed E-state index contributed by atoms with van der Waals surface area (Å²) in [6, 6.07) is -0.333. The minimum Gasteiger partial charge on any atom is -0.503 e. The molecule has 5 heterocycles. The maximum atomic E-state index is 13.4. The number of anilines is 1. The molecule has 3 saturated heterocycles. The number of Topliss-reactive ketones (excluding diaryl/α,β-unsaturated/α-hetero) is 1. The summed E-state index contributed by atoms with van der Waals surface area (Å²) in [6.07, 6.45) is 0.0960. The molecule has 3 aliphatic heterocycles. The Kier molecular flexibility index (Phi) is 8.26. The number of amides is 4. The standard InChI is InChI=1S/C25H26N8O12S2/c1-24(2,20(39)40)45-29-16(11-8-46-22(26)27-11)14(35)5-10-18(38)30-9-25(21(41)42,47-19(10)30)31-3-4-32(23(31)43)28-17(37)12-6-13(34)15(36)7-33(12)44/h6-8,10,19,36,44H,3-5,9H2,1-2H3,(H2,26,27)(H,28,37)(H,39,40)(H,41,42)/b29-16-/t10?,19-,25-/m1/s1. The molecule has 20 nitrogen and oxygen atoms in total. The average Bonchev–Trinajstić information content (AvgIpc) is 3.69. The summed E-state index contributed by atoms with van der Waals surface area (Å²) >= 11 is 1.73. The highest BCUT2D eigenvalue weighted by Crippen LogP contribution is 2.52. The van der Waals surface area contributed by atoms with Gasteiger partial charge in [-0.3, -0.25) is 29.5 Å². The van der Waals surface area contributed by atoms with Crippen molar-refractivity contribution in [2.75, 3.05) is 25.4 Å². The lowest BCUT2D eigenvalue weighted by Gasteiger charge is -2.40. The second-order valence-corrected chi connectivity index (χ2v) is 13.3.